The van der Waals surface area contributed by atoms with E-state index >= 15 is 0 Å². The lowest BCUT2D eigenvalue weighted by Crippen LogP contribution is -2.04. The van der Waals surface area contributed by atoms with E-state index in [1.807, 2.05) is 42.5 Å². The van der Waals surface area contributed by atoms with Crippen molar-refractivity contribution in [2.24, 2.45) is 0 Å². The van der Waals surface area contributed by atoms with Gasteiger partial charge in [0.05, 0.1) is 0 Å². The van der Waals surface area contributed by atoms with Crippen LogP contribution >= 0.6 is 15.9 Å². The molecule has 0 N–H and O–H groups in total. The summed E-state index contributed by atoms with van der Waals surface area (Å²) in [5.41, 5.74) is 3.04. The molecule has 0 saturated carbocycles. The summed E-state index contributed by atoms with van der Waals surface area (Å²) >= 11 is 3.42. The minimum atomic E-state index is 0.170. The Bertz CT molecular complexity index is 561. The van der Waals surface area contributed by atoms with Crippen molar-refractivity contribution in [3.63, 3.8) is 0 Å². The second-order valence-corrected chi connectivity index (χ2v) is 5.20. The number of benzene rings is 2. The summed E-state index contributed by atoms with van der Waals surface area (Å²) in [5, 5.41) is 0. The van der Waals surface area contributed by atoms with Gasteiger partial charge in [0.2, 0.25) is 0 Å². The first-order valence-electron chi connectivity index (χ1n) is 6.05. The second kappa shape index (κ2) is 5.96. The fourth-order valence-electron chi connectivity index (χ4n) is 1.90. The summed E-state index contributed by atoms with van der Waals surface area (Å²) in [6.45, 7) is 2.10. The molecule has 1 nitrogen and oxygen atoms in total. The molecule has 0 radical (unpaired) electrons. The number of ketones is 1. The molecule has 0 amide bonds. The van der Waals surface area contributed by atoms with E-state index in [0.29, 0.717) is 6.42 Å². The quantitative estimate of drug-likeness (QED) is 0.763. The third-order valence-electron chi connectivity index (χ3n) is 2.91. The van der Waals surface area contributed by atoms with Crippen LogP contribution in [0.15, 0.2) is 53.0 Å². The summed E-state index contributed by atoms with van der Waals surface area (Å²) in [5.74, 6) is 0.170. The van der Waals surface area contributed by atoms with Gasteiger partial charge in [-0.1, -0.05) is 53.2 Å². The molecule has 0 spiro atoms. The van der Waals surface area contributed by atoms with Gasteiger partial charge in [0.1, 0.15) is 0 Å². The van der Waals surface area contributed by atoms with Crippen molar-refractivity contribution in [2.45, 2.75) is 19.8 Å². The van der Waals surface area contributed by atoms with Crippen LogP contribution in [0.3, 0.4) is 0 Å². The van der Waals surface area contributed by atoms with Crippen LogP contribution in [0.25, 0.3) is 0 Å². The zero-order chi connectivity index (χ0) is 13.0. The number of carbonyl (C=O) groups excluding carboxylic acids is 1. The Hall–Kier alpha value is -1.41. The van der Waals surface area contributed by atoms with Gasteiger partial charge in [0.25, 0.3) is 0 Å². The molecular formula is C16H15BrO. The van der Waals surface area contributed by atoms with E-state index in [0.717, 1.165) is 22.0 Å². The molecule has 92 valence electrons. The van der Waals surface area contributed by atoms with Crippen molar-refractivity contribution >= 4 is 21.7 Å². The third kappa shape index (κ3) is 3.30. The maximum atomic E-state index is 12.2. The molecule has 0 unspecified atom stereocenters. The molecule has 0 fully saturated rings. The van der Waals surface area contributed by atoms with Gasteiger partial charge < -0.3 is 0 Å². The van der Waals surface area contributed by atoms with Gasteiger partial charge in [-0.3, -0.25) is 4.79 Å². The summed E-state index contributed by atoms with van der Waals surface area (Å²) in [7, 11) is 0. The van der Waals surface area contributed by atoms with Gasteiger partial charge in [-0.15, -0.1) is 0 Å². The molecule has 0 bridgehead atoms. The summed E-state index contributed by atoms with van der Waals surface area (Å²) in [6, 6.07) is 15.8. The highest BCUT2D eigenvalue weighted by molar-refractivity contribution is 9.10. The Morgan fingerprint density at radius 2 is 1.78 bits per heavy atom. The Labute approximate surface area is 116 Å². The SMILES string of the molecule is CCc1cccc(C(=O)Cc2cccc(Br)c2)c1. The highest BCUT2D eigenvalue weighted by atomic mass is 79.9. The maximum Gasteiger partial charge on any atom is 0.167 e. The van der Waals surface area contributed by atoms with Crippen molar-refractivity contribution in [1.29, 1.82) is 0 Å². The van der Waals surface area contributed by atoms with Gasteiger partial charge in [-0.25, -0.2) is 0 Å². The topological polar surface area (TPSA) is 17.1 Å². The molecular weight excluding hydrogens is 288 g/mol. The third-order valence-corrected chi connectivity index (χ3v) is 3.40. The summed E-state index contributed by atoms with van der Waals surface area (Å²) < 4.78 is 1.01. The van der Waals surface area contributed by atoms with Crippen molar-refractivity contribution in [2.75, 3.05) is 0 Å². The minimum Gasteiger partial charge on any atom is -0.294 e. The van der Waals surface area contributed by atoms with Crippen LogP contribution in [0.1, 0.15) is 28.4 Å². The highest BCUT2D eigenvalue weighted by Crippen LogP contribution is 2.15. The predicted octanol–water partition coefficient (Wildman–Crippen LogP) is 4.44. The first-order chi connectivity index (χ1) is 8.69. The number of hydrogen-bond donors (Lipinski definition) is 0. The van der Waals surface area contributed by atoms with Gasteiger partial charge in [0.15, 0.2) is 5.78 Å². The van der Waals surface area contributed by atoms with Crippen molar-refractivity contribution in [1.82, 2.24) is 0 Å². The van der Waals surface area contributed by atoms with Gasteiger partial charge in [-0.2, -0.15) is 0 Å². The first kappa shape index (κ1) is 13.0. The number of halogens is 1. The van der Waals surface area contributed by atoms with Crippen molar-refractivity contribution < 1.29 is 4.79 Å². The van der Waals surface area contributed by atoms with Crippen LogP contribution in [0.5, 0.6) is 0 Å². The van der Waals surface area contributed by atoms with E-state index in [9.17, 15) is 4.79 Å². The van der Waals surface area contributed by atoms with Crippen LogP contribution in [0.4, 0.5) is 0 Å². The van der Waals surface area contributed by atoms with E-state index in [2.05, 4.69) is 28.9 Å². The van der Waals surface area contributed by atoms with Crippen LogP contribution in [-0.2, 0) is 12.8 Å². The van der Waals surface area contributed by atoms with Crippen LogP contribution in [0.2, 0.25) is 0 Å². The monoisotopic (exact) mass is 302 g/mol. The van der Waals surface area contributed by atoms with E-state index in [-0.39, 0.29) is 5.78 Å². The number of rotatable bonds is 4. The van der Waals surface area contributed by atoms with E-state index in [1.54, 1.807) is 0 Å². The molecule has 0 saturated heterocycles. The summed E-state index contributed by atoms with van der Waals surface area (Å²) in [6.07, 6.45) is 1.41. The molecule has 0 atom stereocenters. The Morgan fingerprint density at radius 1 is 1.06 bits per heavy atom. The zero-order valence-electron chi connectivity index (χ0n) is 10.3. The van der Waals surface area contributed by atoms with Crippen LogP contribution < -0.4 is 0 Å². The normalized spacial score (nSPS) is 10.3. The second-order valence-electron chi connectivity index (χ2n) is 4.28. The number of aryl methyl sites for hydroxylation is 1. The van der Waals surface area contributed by atoms with Crippen LogP contribution in [0, 0.1) is 0 Å². The van der Waals surface area contributed by atoms with E-state index in [4.69, 9.17) is 0 Å². The molecule has 2 aromatic carbocycles. The fraction of sp³-hybridized carbons (Fsp3) is 0.188. The molecule has 2 heteroatoms. The molecule has 0 aliphatic rings. The Morgan fingerprint density at radius 3 is 2.50 bits per heavy atom. The lowest BCUT2D eigenvalue weighted by atomic mass is 10.0. The maximum absolute atomic E-state index is 12.2. The molecule has 2 aromatic rings. The molecule has 0 aliphatic heterocycles. The van der Waals surface area contributed by atoms with Crippen molar-refractivity contribution in [3.8, 4) is 0 Å². The molecule has 0 heterocycles. The minimum absolute atomic E-state index is 0.170. The van der Waals surface area contributed by atoms with Gasteiger partial charge >= 0.3 is 0 Å². The lowest BCUT2D eigenvalue weighted by Gasteiger charge is -2.04. The average Bonchev–Trinajstić information content (AvgIpc) is 2.39. The van der Waals surface area contributed by atoms with Crippen LogP contribution in [-0.4, -0.2) is 5.78 Å². The first-order valence-corrected chi connectivity index (χ1v) is 6.85. The fourth-order valence-corrected chi connectivity index (χ4v) is 2.35. The Balaban J connectivity index is 2.16. The highest BCUT2D eigenvalue weighted by Gasteiger charge is 2.07. The smallest absolute Gasteiger partial charge is 0.167 e. The van der Waals surface area contributed by atoms with E-state index in [1.165, 1.54) is 5.56 Å². The molecule has 2 rings (SSSR count). The molecule has 0 aliphatic carbocycles. The number of hydrogen-bond acceptors (Lipinski definition) is 1. The molecule has 18 heavy (non-hydrogen) atoms. The average molecular weight is 303 g/mol. The number of Topliss-reactive ketones (excluding diaryl/α,β-unsaturated/α-hetero) is 1. The standard InChI is InChI=1S/C16H15BrO/c1-2-12-5-3-7-14(9-12)16(18)11-13-6-4-8-15(17)10-13/h3-10H,2,11H2,1H3. The largest absolute Gasteiger partial charge is 0.294 e. The number of carbonyl (C=O) groups is 1. The summed E-state index contributed by atoms with van der Waals surface area (Å²) in [4.78, 5) is 12.2. The predicted molar refractivity (Wildman–Crippen MR) is 78.0 cm³/mol. The Kier molecular flexibility index (Phi) is 4.32. The zero-order valence-corrected chi connectivity index (χ0v) is 11.9. The lowest BCUT2D eigenvalue weighted by molar-refractivity contribution is 0.0993. The van der Waals surface area contributed by atoms with Crippen molar-refractivity contribution in [3.05, 3.63) is 69.7 Å². The van der Waals surface area contributed by atoms with Gasteiger partial charge in [0, 0.05) is 16.5 Å². The molecule has 0 aromatic heterocycles. The van der Waals surface area contributed by atoms with Gasteiger partial charge in [-0.05, 0) is 35.7 Å². The van der Waals surface area contributed by atoms with E-state index < -0.39 is 0 Å².